The summed E-state index contributed by atoms with van der Waals surface area (Å²) in [4.78, 5) is 2.52. The van der Waals surface area contributed by atoms with Crippen molar-refractivity contribution in [2.75, 3.05) is 39.0 Å². The first-order valence-corrected chi connectivity index (χ1v) is 9.73. The molecule has 5 heteroatoms. The number of hydrogen-bond donors (Lipinski definition) is 0. The SMILES string of the molecule is COCOc1c(OC)cccc1Pc1ccccc1N1CCCCC1. The summed E-state index contributed by atoms with van der Waals surface area (Å²) >= 11 is 0. The first kappa shape index (κ1) is 18.0. The molecule has 4 nitrogen and oxygen atoms in total. The van der Waals surface area contributed by atoms with Crippen molar-refractivity contribution in [1.29, 1.82) is 0 Å². The van der Waals surface area contributed by atoms with Gasteiger partial charge >= 0.3 is 0 Å². The van der Waals surface area contributed by atoms with Gasteiger partial charge in [-0.15, -0.1) is 0 Å². The Balaban J connectivity index is 1.89. The minimum atomic E-state index is 0.214. The van der Waals surface area contributed by atoms with Gasteiger partial charge in [0, 0.05) is 36.5 Å². The Bertz CT molecular complexity index is 686. The zero-order chi connectivity index (χ0) is 17.5. The summed E-state index contributed by atoms with van der Waals surface area (Å²) < 4.78 is 16.4. The van der Waals surface area contributed by atoms with Crippen LogP contribution in [0.5, 0.6) is 11.5 Å². The smallest absolute Gasteiger partial charge is 0.188 e. The molecule has 0 spiro atoms. The van der Waals surface area contributed by atoms with Crippen LogP contribution in [0, 0.1) is 0 Å². The van der Waals surface area contributed by atoms with E-state index in [1.54, 1.807) is 14.2 Å². The van der Waals surface area contributed by atoms with Crippen molar-refractivity contribution in [2.45, 2.75) is 19.3 Å². The van der Waals surface area contributed by atoms with E-state index >= 15 is 0 Å². The number of rotatable bonds is 7. The van der Waals surface area contributed by atoms with E-state index in [-0.39, 0.29) is 6.79 Å². The lowest BCUT2D eigenvalue weighted by molar-refractivity contribution is 0.0500. The molecule has 0 N–H and O–H groups in total. The number of hydrogen-bond acceptors (Lipinski definition) is 4. The molecule has 3 rings (SSSR count). The third kappa shape index (κ3) is 4.45. The summed E-state index contributed by atoms with van der Waals surface area (Å²) in [5.41, 5.74) is 1.35. The van der Waals surface area contributed by atoms with Crippen molar-refractivity contribution >= 4 is 24.9 Å². The van der Waals surface area contributed by atoms with E-state index in [2.05, 4.69) is 35.2 Å². The molecule has 2 aromatic rings. The van der Waals surface area contributed by atoms with Crippen molar-refractivity contribution in [2.24, 2.45) is 0 Å². The third-order valence-corrected chi connectivity index (χ3v) is 5.75. The molecular weight excluding hydrogens is 333 g/mol. The van der Waals surface area contributed by atoms with E-state index in [0.29, 0.717) is 8.58 Å². The van der Waals surface area contributed by atoms with E-state index in [4.69, 9.17) is 14.2 Å². The molecule has 25 heavy (non-hydrogen) atoms. The summed E-state index contributed by atoms with van der Waals surface area (Å²) in [6.45, 7) is 2.50. The summed E-state index contributed by atoms with van der Waals surface area (Å²) in [6.07, 6.45) is 3.89. The summed E-state index contributed by atoms with van der Waals surface area (Å²) in [5, 5.41) is 2.49. The second-order valence-corrected chi connectivity index (χ2v) is 7.41. The number of benzene rings is 2. The Kier molecular flexibility index (Phi) is 6.55. The number of ether oxygens (including phenoxy) is 3. The van der Waals surface area contributed by atoms with Crippen molar-refractivity contribution < 1.29 is 14.2 Å². The Morgan fingerprint density at radius 3 is 2.44 bits per heavy atom. The summed E-state index contributed by atoms with van der Waals surface area (Å²) in [5.74, 6) is 1.52. The van der Waals surface area contributed by atoms with Gasteiger partial charge in [-0.05, 0) is 31.4 Å². The lowest BCUT2D eigenvalue weighted by Crippen LogP contribution is -2.32. The summed E-state index contributed by atoms with van der Waals surface area (Å²) in [6, 6.07) is 14.8. The molecule has 2 aromatic carbocycles. The van der Waals surface area contributed by atoms with Crippen LogP contribution in [0.25, 0.3) is 0 Å². The molecule has 1 unspecified atom stereocenters. The van der Waals surface area contributed by atoms with Crippen LogP contribution in [0.1, 0.15) is 19.3 Å². The molecule has 134 valence electrons. The molecule has 0 aromatic heterocycles. The van der Waals surface area contributed by atoms with Crippen LogP contribution in [0.2, 0.25) is 0 Å². The molecule has 0 aliphatic carbocycles. The Morgan fingerprint density at radius 1 is 0.920 bits per heavy atom. The standard InChI is InChI=1S/C20H26NO3P/c1-22-15-24-20-17(23-2)10-8-12-19(20)25-18-11-5-4-9-16(18)21-13-6-3-7-14-21/h4-5,8-12,25H,3,6-7,13-15H2,1-2H3. The highest BCUT2D eigenvalue weighted by Gasteiger charge is 2.17. The van der Waals surface area contributed by atoms with Gasteiger partial charge in [-0.25, -0.2) is 0 Å². The monoisotopic (exact) mass is 359 g/mol. The summed E-state index contributed by atoms with van der Waals surface area (Å²) in [7, 11) is 3.81. The van der Waals surface area contributed by atoms with Gasteiger partial charge in [0.1, 0.15) is 0 Å². The molecular formula is C20H26NO3P. The predicted molar refractivity (Wildman–Crippen MR) is 106 cm³/mol. The maximum absolute atomic E-state index is 5.81. The quantitative estimate of drug-likeness (QED) is 0.561. The number of nitrogens with zero attached hydrogens (tertiary/aromatic N) is 1. The van der Waals surface area contributed by atoms with Crippen molar-refractivity contribution in [1.82, 2.24) is 0 Å². The molecule has 1 fully saturated rings. The number of para-hydroxylation sites is 2. The van der Waals surface area contributed by atoms with Gasteiger partial charge in [0.05, 0.1) is 7.11 Å². The minimum absolute atomic E-state index is 0.214. The van der Waals surface area contributed by atoms with Gasteiger partial charge < -0.3 is 19.1 Å². The molecule has 0 amide bonds. The van der Waals surface area contributed by atoms with Gasteiger partial charge in [-0.2, -0.15) is 0 Å². The average Bonchev–Trinajstić information content (AvgIpc) is 2.68. The van der Waals surface area contributed by atoms with Crippen LogP contribution in [0.3, 0.4) is 0 Å². The fraction of sp³-hybridized carbons (Fsp3) is 0.400. The van der Waals surface area contributed by atoms with E-state index in [1.165, 1.54) is 30.3 Å². The highest BCUT2D eigenvalue weighted by molar-refractivity contribution is 7.56. The maximum atomic E-state index is 5.81. The lowest BCUT2D eigenvalue weighted by Gasteiger charge is -2.30. The zero-order valence-corrected chi connectivity index (χ0v) is 16.0. The number of methoxy groups -OCH3 is 2. The molecule has 0 radical (unpaired) electrons. The fourth-order valence-corrected chi connectivity index (χ4v) is 4.50. The van der Waals surface area contributed by atoms with Gasteiger partial charge in [0.15, 0.2) is 18.3 Å². The molecule has 1 aliphatic heterocycles. The second-order valence-electron chi connectivity index (χ2n) is 6.08. The molecule has 1 saturated heterocycles. The van der Waals surface area contributed by atoms with Gasteiger partial charge in [-0.1, -0.05) is 38.9 Å². The maximum Gasteiger partial charge on any atom is 0.188 e. The van der Waals surface area contributed by atoms with Crippen LogP contribution in [0.15, 0.2) is 42.5 Å². The predicted octanol–water partition coefficient (Wildman–Crippen LogP) is 3.30. The molecule has 0 bridgehead atoms. The first-order valence-electron chi connectivity index (χ1n) is 8.73. The van der Waals surface area contributed by atoms with Crippen molar-refractivity contribution in [3.05, 3.63) is 42.5 Å². The Labute approximate surface area is 151 Å². The van der Waals surface area contributed by atoms with Crippen LogP contribution in [-0.4, -0.2) is 34.1 Å². The first-order chi connectivity index (χ1) is 12.3. The van der Waals surface area contributed by atoms with Gasteiger partial charge in [0.2, 0.25) is 0 Å². The largest absolute Gasteiger partial charge is 0.493 e. The van der Waals surface area contributed by atoms with Crippen LogP contribution < -0.4 is 25.0 Å². The van der Waals surface area contributed by atoms with Crippen molar-refractivity contribution in [3.63, 3.8) is 0 Å². The average molecular weight is 359 g/mol. The van der Waals surface area contributed by atoms with E-state index < -0.39 is 0 Å². The highest BCUT2D eigenvalue weighted by Crippen LogP contribution is 2.32. The molecule has 0 saturated carbocycles. The normalized spacial score (nSPS) is 14.9. The third-order valence-electron chi connectivity index (χ3n) is 4.39. The van der Waals surface area contributed by atoms with E-state index in [9.17, 15) is 0 Å². The topological polar surface area (TPSA) is 30.9 Å². The lowest BCUT2D eigenvalue weighted by atomic mass is 10.1. The number of anilines is 1. The van der Waals surface area contributed by atoms with Gasteiger partial charge in [0.25, 0.3) is 0 Å². The van der Waals surface area contributed by atoms with Gasteiger partial charge in [-0.3, -0.25) is 0 Å². The highest BCUT2D eigenvalue weighted by atomic mass is 31.1. The minimum Gasteiger partial charge on any atom is -0.493 e. The Hall–Kier alpha value is -1.77. The van der Waals surface area contributed by atoms with Crippen LogP contribution in [0.4, 0.5) is 5.69 Å². The van der Waals surface area contributed by atoms with Crippen LogP contribution >= 0.6 is 8.58 Å². The second kappa shape index (κ2) is 9.07. The van der Waals surface area contributed by atoms with E-state index in [1.807, 2.05) is 12.1 Å². The molecule has 1 aliphatic rings. The van der Waals surface area contributed by atoms with E-state index in [0.717, 1.165) is 29.9 Å². The molecule has 1 heterocycles. The number of piperidine rings is 1. The Morgan fingerprint density at radius 2 is 1.68 bits per heavy atom. The zero-order valence-electron chi connectivity index (χ0n) is 15.0. The van der Waals surface area contributed by atoms with Crippen molar-refractivity contribution in [3.8, 4) is 11.5 Å². The molecule has 1 atom stereocenters. The van der Waals surface area contributed by atoms with Crippen LogP contribution in [-0.2, 0) is 4.74 Å². The fourth-order valence-electron chi connectivity index (χ4n) is 3.18.